The first-order valence-electron chi connectivity index (χ1n) is 5.28. The van der Waals surface area contributed by atoms with E-state index >= 15 is 0 Å². The standard InChI is InChI=1S/C12H17N3O2.ClH/c1-8-4-5-9(12(17)15(2)3)6-10(8)14-11(16)7-13;/h4-6H,7,13H2,1-3H3,(H,14,16);1H. The monoisotopic (exact) mass is 271 g/mol. The minimum absolute atomic E-state index is 0. The molecule has 0 spiro atoms. The quantitative estimate of drug-likeness (QED) is 0.862. The van der Waals surface area contributed by atoms with E-state index in [2.05, 4.69) is 5.32 Å². The molecule has 1 aromatic rings. The van der Waals surface area contributed by atoms with Gasteiger partial charge in [-0.3, -0.25) is 9.59 Å². The van der Waals surface area contributed by atoms with E-state index in [1.807, 2.05) is 6.92 Å². The summed E-state index contributed by atoms with van der Waals surface area (Å²) in [6.07, 6.45) is 0. The molecule has 0 aliphatic heterocycles. The molecule has 0 saturated carbocycles. The molecule has 1 rings (SSSR count). The number of benzene rings is 1. The van der Waals surface area contributed by atoms with E-state index in [1.165, 1.54) is 4.90 Å². The van der Waals surface area contributed by atoms with Gasteiger partial charge in [-0.05, 0) is 24.6 Å². The molecule has 0 fully saturated rings. The number of aryl methyl sites for hydroxylation is 1. The van der Waals surface area contributed by atoms with Crippen molar-refractivity contribution in [2.24, 2.45) is 5.73 Å². The largest absolute Gasteiger partial charge is 0.345 e. The second-order valence-corrected chi connectivity index (χ2v) is 3.98. The number of rotatable bonds is 3. The van der Waals surface area contributed by atoms with E-state index in [-0.39, 0.29) is 30.8 Å². The molecule has 6 heteroatoms. The number of carbonyl (C=O) groups excluding carboxylic acids is 2. The van der Waals surface area contributed by atoms with Gasteiger partial charge in [0.05, 0.1) is 6.54 Å². The van der Waals surface area contributed by atoms with Crippen LogP contribution in [0.2, 0.25) is 0 Å². The topological polar surface area (TPSA) is 75.4 Å². The highest BCUT2D eigenvalue weighted by atomic mass is 35.5. The van der Waals surface area contributed by atoms with Crippen LogP contribution >= 0.6 is 12.4 Å². The van der Waals surface area contributed by atoms with Gasteiger partial charge in [-0.25, -0.2) is 0 Å². The lowest BCUT2D eigenvalue weighted by atomic mass is 10.1. The molecule has 0 unspecified atom stereocenters. The highest BCUT2D eigenvalue weighted by Gasteiger charge is 2.10. The summed E-state index contributed by atoms with van der Waals surface area (Å²) in [6.45, 7) is 1.78. The van der Waals surface area contributed by atoms with Crippen LogP contribution in [0.1, 0.15) is 15.9 Å². The Morgan fingerprint density at radius 3 is 2.44 bits per heavy atom. The molecule has 2 amide bonds. The van der Waals surface area contributed by atoms with E-state index in [0.717, 1.165) is 5.56 Å². The van der Waals surface area contributed by atoms with Gasteiger partial charge >= 0.3 is 0 Å². The number of halogens is 1. The summed E-state index contributed by atoms with van der Waals surface area (Å²) < 4.78 is 0. The van der Waals surface area contributed by atoms with Gasteiger partial charge in [-0.2, -0.15) is 0 Å². The maximum Gasteiger partial charge on any atom is 0.253 e. The number of nitrogens with zero attached hydrogens (tertiary/aromatic N) is 1. The average molecular weight is 272 g/mol. The Bertz CT molecular complexity index is 447. The van der Waals surface area contributed by atoms with Crippen LogP contribution in [0, 0.1) is 6.92 Å². The van der Waals surface area contributed by atoms with E-state index in [1.54, 1.807) is 32.3 Å². The summed E-state index contributed by atoms with van der Waals surface area (Å²) in [5, 5.41) is 2.66. The number of nitrogens with two attached hydrogens (primary N) is 1. The molecule has 0 bridgehead atoms. The number of anilines is 1. The molecule has 0 heterocycles. The summed E-state index contributed by atoms with van der Waals surface area (Å²) in [4.78, 5) is 24.5. The molecule has 5 nitrogen and oxygen atoms in total. The zero-order valence-electron chi connectivity index (χ0n) is 10.7. The summed E-state index contributed by atoms with van der Waals surface area (Å²) >= 11 is 0. The van der Waals surface area contributed by atoms with E-state index in [4.69, 9.17) is 5.73 Å². The van der Waals surface area contributed by atoms with Crippen molar-refractivity contribution in [2.75, 3.05) is 26.0 Å². The van der Waals surface area contributed by atoms with Crippen molar-refractivity contribution in [1.29, 1.82) is 0 Å². The second-order valence-electron chi connectivity index (χ2n) is 3.98. The number of amides is 2. The molecule has 18 heavy (non-hydrogen) atoms. The van der Waals surface area contributed by atoms with Gasteiger partial charge in [0.15, 0.2) is 0 Å². The third-order valence-electron chi connectivity index (χ3n) is 2.35. The van der Waals surface area contributed by atoms with Crippen LogP contribution in [-0.4, -0.2) is 37.4 Å². The molecule has 0 aliphatic carbocycles. The molecule has 100 valence electrons. The SMILES string of the molecule is Cc1ccc(C(=O)N(C)C)cc1NC(=O)CN.Cl. The smallest absolute Gasteiger partial charge is 0.253 e. The Kier molecular flexibility index (Phi) is 6.36. The van der Waals surface area contributed by atoms with Crippen LogP contribution in [-0.2, 0) is 4.79 Å². The predicted octanol–water partition coefficient (Wildman–Crippen LogP) is 1.02. The molecular weight excluding hydrogens is 254 g/mol. The summed E-state index contributed by atoms with van der Waals surface area (Å²) in [5.41, 5.74) is 7.27. The number of nitrogens with one attached hydrogen (secondary N) is 1. The van der Waals surface area contributed by atoms with Gasteiger partial charge in [-0.1, -0.05) is 6.07 Å². The van der Waals surface area contributed by atoms with Crippen molar-refractivity contribution in [3.8, 4) is 0 Å². The van der Waals surface area contributed by atoms with Crippen LogP contribution in [0.15, 0.2) is 18.2 Å². The fourth-order valence-corrected chi connectivity index (χ4v) is 1.35. The maximum atomic E-state index is 11.8. The van der Waals surface area contributed by atoms with Crippen molar-refractivity contribution < 1.29 is 9.59 Å². The van der Waals surface area contributed by atoms with Crippen LogP contribution in [0.4, 0.5) is 5.69 Å². The molecule has 0 atom stereocenters. The first-order chi connectivity index (χ1) is 7.95. The Morgan fingerprint density at radius 2 is 1.94 bits per heavy atom. The Balaban J connectivity index is 0.00000289. The molecule has 0 aliphatic rings. The Hall–Kier alpha value is -1.59. The number of hydrogen-bond donors (Lipinski definition) is 2. The lowest BCUT2D eigenvalue weighted by Crippen LogP contribution is -2.24. The van der Waals surface area contributed by atoms with Crippen LogP contribution in [0.25, 0.3) is 0 Å². The lowest BCUT2D eigenvalue weighted by molar-refractivity contribution is -0.114. The van der Waals surface area contributed by atoms with Crippen molar-refractivity contribution in [1.82, 2.24) is 4.90 Å². The van der Waals surface area contributed by atoms with Crippen molar-refractivity contribution >= 4 is 29.9 Å². The van der Waals surface area contributed by atoms with Crippen LogP contribution in [0.3, 0.4) is 0 Å². The highest BCUT2D eigenvalue weighted by Crippen LogP contribution is 2.17. The zero-order valence-corrected chi connectivity index (χ0v) is 11.5. The molecule has 0 radical (unpaired) electrons. The molecular formula is C12H18ClN3O2. The molecule has 3 N–H and O–H groups in total. The fourth-order valence-electron chi connectivity index (χ4n) is 1.35. The summed E-state index contributed by atoms with van der Waals surface area (Å²) in [5.74, 6) is -0.379. The van der Waals surface area contributed by atoms with Gasteiger partial charge < -0.3 is 16.0 Å². The third-order valence-corrected chi connectivity index (χ3v) is 2.35. The summed E-state index contributed by atoms with van der Waals surface area (Å²) in [6, 6.07) is 5.18. The average Bonchev–Trinajstić information content (AvgIpc) is 2.30. The van der Waals surface area contributed by atoms with Gasteiger partial charge in [-0.15, -0.1) is 12.4 Å². The predicted molar refractivity (Wildman–Crippen MR) is 74.1 cm³/mol. The van der Waals surface area contributed by atoms with Crippen molar-refractivity contribution in [3.05, 3.63) is 29.3 Å². The molecule has 0 saturated heterocycles. The van der Waals surface area contributed by atoms with Gasteiger partial charge in [0, 0.05) is 25.3 Å². The van der Waals surface area contributed by atoms with Gasteiger partial charge in [0.25, 0.3) is 5.91 Å². The normalized spacial score (nSPS) is 9.33. The number of hydrogen-bond acceptors (Lipinski definition) is 3. The zero-order chi connectivity index (χ0) is 13.0. The van der Waals surface area contributed by atoms with Crippen LogP contribution in [0.5, 0.6) is 0 Å². The first-order valence-corrected chi connectivity index (χ1v) is 5.28. The van der Waals surface area contributed by atoms with E-state index in [0.29, 0.717) is 11.3 Å². The number of carbonyl (C=O) groups is 2. The van der Waals surface area contributed by atoms with Crippen LogP contribution < -0.4 is 11.1 Å². The Morgan fingerprint density at radius 1 is 1.33 bits per heavy atom. The second kappa shape index (κ2) is 6.98. The van der Waals surface area contributed by atoms with E-state index in [9.17, 15) is 9.59 Å². The Labute approximate surface area is 113 Å². The minimum atomic E-state index is -0.275. The lowest BCUT2D eigenvalue weighted by Gasteiger charge is -2.13. The van der Waals surface area contributed by atoms with Crippen molar-refractivity contribution in [2.45, 2.75) is 6.92 Å². The van der Waals surface area contributed by atoms with Crippen molar-refractivity contribution in [3.63, 3.8) is 0 Å². The van der Waals surface area contributed by atoms with Gasteiger partial charge in [0.2, 0.25) is 5.91 Å². The third kappa shape index (κ3) is 4.01. The van der Waals surface area contributed by atoms with Gasteiger partial charge in [0.1, 0.15) is 0 Å². The first kappa shape index (κ1) is 16.4. The summed E-state index contributed by atoms with van der Waals surface area (Å²) in [7, 11) is 3.36. The molecule has 1 aromatic carbocycles. The maximum absolute atomic E-state index is 11.8. The fraction of sp³-hybridized carbons (Fsp3) is 0.333. The highest BCUT2D eigenvalue weighted by molar-refractivity contribution is 5.98. The molecule has 0 aromatic heterocycles. The minimum Gasteiger partial charge on any atom is -0.345 e. The van der Waals surface area contributed by atoms with E-state index < -0.39 is 0 Å².